The van der Waals surface area contributed by atoms with Crippen LogP contribution in [0.3, 0.4) is 0 Å². The predicted molar refractivity (Wildman–Crippen MR) is 66.0 cm³/mol. The Labute approximate surface area is 95.0 Å². The summed E-state index contributed by atoms with van der Waals surface area (Å²) in [6, 6.07) is 0.858. The van der Waals surface area contributed by atoms with E-state index in [0.717, 1.165) is 24.4 Å². The van der Waals surface area contributed by atoms with Gasteiger partial charge in [0.1, 0.15) is 0 Å². The van der Waals surface area contributed by atoms with Crippen molar-refractivity contribution in [2.24, 2.45) is 11.8 Å². The summed E-state index contributed by atoms with van der Waals surface area (Å²) in [4.78, 5) is 0. The Kier molecular flexibility index (Phi) is 4.49. The van der Waals surface area contributed by atoms with E-state index in [1.165, 1.54) is 57.8 Å². The van der Waals surface area contributed by atoms with E-state index in [0.29, 0.717) is 0 Å². The molecule has 0 aromatic carbocycles. The summed E-state index contributed by atoms with van der Waals surface area (Å²) in [6.45, 7) is 3.40. The van der Waals surface area contributed by atoms with Gasteiger partial charge in [0.2, 0.25) is 0 Å². The van der Waals surface area contributed by atoms with Gasteiger partial charge in [-0.1, -0.05) is 39.0 Å². The van der Waals surface area contributed by atoms with Crippen LogP contribution < -0.4 is 5.32 Å². The van der Waals surface area contributed by atoms with Crippen LogP contribution in [0.25, 0.3) is 0 Å². The van der Waals surface area contributed by atoms with Crippen LogP contribution in [-0.2, 0) is 0 Å². The third kappa shape index (κ3) is 3.79. The molecule has 0 saturated heterocycles. The van der Waals surface area contributed by atoms with Crippen LogP contribution in [0.2, 0.25) is 0 Å². The minimum Gasteiger partial charge on any atom is -0.314 e. The molecule has 88 valence electrons. The minimum atomic E-state index is 0.858. The summed E-state index contributed by atoms with van der Waals surface area (Å²) in [6.07, 6.45) is 13.4. The number of hydrogen-bond acceptors (Lipinski definition) is 1. The highest BCUT2D eigenvalue weighted by molar-refractivity contribution is 4.86. The van der Waals surface area contributed by atoms with Crippen molar-refractivity contribution in [2.75, 3.05) is 6.54 Å². The van der Waals surface area contributed by atoms with Crippen molar-refractivity contribution in [2.45, 2.75) is 70.8 Å². The standard InChI is InChI=1S/C14H27N/c1-2-15-14(13-9-10-13)11-8-12-6-4-3-5-7-12/h12-15H,2-11H2,1H3. The zero-order chi connectivity index (χ0) is 10.5. The molecule has 2 aliphatic carbocycles. The average molecular weight is 209 g/mol. The second kappa shape index (κ2) is 5.89. The number of hydrogen-bond donors (Lipinski definition) is 1. The topological polar surface area (TPSA) is 12.0 Å². The molecule has 2 fully saturated rings. The SMILES string of the molecule is CCNC(CCC1CCCCC1)C1CC1. The summed E-state index contributed by atoms with van der Waals surface area (Å²) >= 11 is 0. The fraction of sp³-hybridized carbons (Fsp3) is 1.00. The van der Waals surface area contributed by atoms with Crippen LogP contribution in [0.5, 0.6) is 0 Å². The molecule has 0 radical (unpaired) electrons. The van der Waals surface area contributed by atoms with Gasteiger partial charge in [-0.15, -0.1) is 0 Å². The summed E-state index contributed by atoms with van der Waals surface area (Å²) in [5, 5.41) is 3.68. The molecule has 0 aromatic rings. The summed E-state index contributed by atoms with van der Waals surface area (Å²) < 4.78 is 0. The molecular formula is C14H27N. The molecule has 0 aliphatic heterocycles. The highest BCUT2D eigenvalue weighted by atomic mass is 14.9. The average Bonchev–Trinajstić information content (AvgIpc) is 3.09. The largest absolute Gasteiger partial charge is 0.314 e. The van der Waals surface area contributed by atoms with Crippen molar-refractivity contribution in [3.05, 3.63) is 0 Å². The maximum absolute atomic E-state index is 3.68. The molecule has 2 saturated carbocycles. The quantitative estimate of drug-likeness (QED) is 0.703. The maximum Gasteiger partial charge on any atom is 0.00953 e. The summed E-state index contributed by atoms with van der Waals surface area (Å²) in [5.74, 6) is 2.10. The van der Waals surface area contributed by atoms with Gasteiger partial charge < -0.3 is 5.32 Å². The molecule has 0 bridgehead atoms. The molecule has 1 unspecified atom stereocenters. The molecule has 0 spiro atoms. The molecule has 2 aliphatic rings. The molecule has 1 heteroatoms. The van der Waals surface area contributed by atoms with E-state index < -0.39 is 0 Å². The number of rotatable bonds is 6. The Balaban J connectivity index is 1.65. The van der Waals surface area contributed by atoms with Crippen LogP contribution >= 0.6 is 0 Å². The van der Waals surface area contributed by atoms with Crippen molar-refractivity contribution in [3.8, 4) is 0 Å². The molecular weight excluding hydrogens is 182 g/mol. The van der Waals surface area contributed by atoms with Gasteiger partial charge in [-0.05, 0) is 44.1 Å². The Morgan fingerprint density at radius 3 is 2.40 bits per heavy atom. The second-order valence-corrected chi connectivity index (χ2v) is 5.58. The maximum atomic E-state index is 3.68. The molecule has 1 N–H and O–H groups in total. The van der Waals surface area contributed by atoms with E-state index in [4.69, 9.17) is 0 Å². The Morgan fingerprint density at radius 2 is 1.80 bits per heavy atom. The van der Waals surface area contributed by atoms with Gasteiger partial charge in [0.25, 0.3) is 0 Å². The third-order valence-electron chi connectivity index (χ3n) is 4.27. The van der Waals surface area contributed by atoms with Crippen LogP contribution in [0.1, 0.15) is 64.7 Å². The van der Waals surface area contributed by atoms with E-state index in [1.54, 1.807) is 0 Å². The van der Waals surface area contributed by atoms with Gasteiger partial charge in [-0.2, -0.15) is 0 Å². The molecule has 0 heterocycles. The van der Waals surface area contributed by atoms with Gasteiger partial charge >= 0.3 is 0 Å². The highest BCUT2D eigenvalue weighted by Gasteiger charge is 2.30. The first-order valence-corrected chi connectivity index (χ1v) is 7.13. The van der Waals surface area contributed by atoms with Crippen LogP contribution in [-0.4, -0.2) is 12.6 Å². The van der Waals surface area contributed by atoms with E-state index >= 15 is 0 Å². The Hall–Kier alpha value is -0.0400. The molecule has 15 heavy (non-hydrogen) atoms. The lowest BCUT2D eigenvalue weighted by Gasteiger charge is -2.24. The zero-order valence-electron chi connectivity index (χ0n) is 10.3. The molecule has 0 amide bonds. The smallest absolute Gasteiger partial charge is 0.00953 e. The first-order valence-electron chi connectivity index (χ1n) is 7.13. The van der Waals surface area contributed by atoms with Crippen molar-refractivity contribution >= 4 is 0 Å². The fourth-order valence-electron chi connectivity index (χ4n) is 3.16. The minimum absolute atomic E-state index is 0.858. The van der Waals surface area contributed by atoms with Crippen LogP contribution in [0, 0.1) is 11.8 Å². The van der Waals surface area contributed by atoms with Crippen molar-refractivity contribution in [1.82, 2.24) is 5.32 Å². The summed E-state index contributed by atoms with van der Waals surface area (Å²) in [7, 11) is 0. The molecule has 0 aromatic heterocycles. The Bertz CT molecular complexity index is 168. The normalized spacial score (nSPS) is 25.4. The van der Waals surface area contributed by atoms with Crippen LogP contribution in [0.15, 0.2) is 0 Å². The van der Waals surface area contributed by atoms with Gasteiger partial charge in [-0.3, -0.25) is 0 Å². The lowest BCUT2D eigenvalue weighted by atomic mass is 9.85. The van der Waals surface area contributed by atoms with Crippen LogP contribution in [0.4, 0.5) is 0 Å². The fourth-order valence-corrected chi connectivity index (χ4v) is 3.16. The summed E-state index contributed by atoms with van der Waals surface area (Å²) in [5.41, 5.74) is 0. The van der Waals surface area contributed by atoms with Crippen molar-refractivity contribution in [1.29, 1.82) is 0 Å². The molecule has 1 atom stereocenters. The first kappa shape index (κ1) is 11.4. The van der Waals surface area contributed by atoms with Gasteiger partial charge in [-0.25, -0.2) is 0 Å². The molecule has 2 rings (SSSR count). The second-order valence-electron chi connectivity index (χ2n) is 5.58. The third-order valence-corrected chi connectivity index (χ3v) is 4.27. The monoisotopic (exact) mass is 209 g/mol. The van der Waals surface area contributed by atoms with Gasteiger partial charge in [0.15, 0.2) is 0 Å². The Morgan fingerprint density at radius 1 is 1.07 bits per heavy atom. The molecule has 1 nitrogen and oxygen atoms in total. The lowest BCUT2D eigenvalue weighted by molar-refractivity contribution is 0.306. The van der Waals surface area contributed by atoms with E-state index in [-0.39, 0.29) is 0 Å². The number of nitrogens with one attached hydrogen (secondary N) is 1. The van der Waals surface area contributed by atoms with Gasteiger partial charge in [0.05, 0.1) is 0 Å². The van der Waals surface area contributed by atoms with E-state index in [9.17, 15) is 0 Å². The van der Waals surface area contributed by atoms with Gasteiger partial charge in [0, 0.05) is 6.04 Å². The van der Waals surface area contributed by atoms with Crippen molar-refractivity contribution < 1.29 is 0 Å². The predicted octanol–water partition coefficient (Wildman–Crippen LogP) is 3.74. The lowest BCUT2D eigenvalue weighted by Crippen LogP contribution is -2.31. The zero-order valence-corrected chi connectivity index (χ0v) is 10.3. The highest BCUT2D eigenvalue weighted by Crippen LogP contribution is 2.36. The van der Waals surface area contributed by atoms with Crippen molar-refractivity contribution in [3.63, 3.8) is 0 Å². The first-order chi connectivity index (χ1) is 7.40. The van der Waals surface area contributed by atoms with E-state index in [2.05, 4.69) is 12.2 Å². The van der Waals surface area contributed by atoms with E-state index in [1.807, 2.05) is 0 Å².